The molecule has 1 aromatic heterocycles. The fourth-order valence-electron chi connectivity index (χ4n) is 3.17. The Kier molecular flexibility index (Phi) is 6.13. The maximum Gasteiger partial charge on any atom is 0.310 e. The van der Waals surface area contributed by atoms with Gasteiger partial charge in [0.2, 0.25) is 0 Å². The van der Waals surface area contributed by atoms with Crippen LogP contribution in [0.3, 0.4) is 0 Å². The number of aryl methyl sites for hydroxylation is 1. The van der Waals surface area contributed by atoms with Crippen molar-refractivity contribution in [3.8, 4) is 0 Å². The van der Waals surface area contributed by atoms with Crippen molar-refractivity contribution in [3.63, 3.8) is 0 Å². The van der Waals surface area contributed by atoms with Crippen LogP contribution >= 0.6 is 0 Å². The van der Waals surface area contributed by atoms with Crippen molar-refractivity contribution in [1.82, 2.24) is 4.68 Å². The third-order valence-corrected chi connectivity index (χ3v) is 4.76. The maximum atomic E-state index is 12.7. The van der Waals surface area contributed by atoms with Crippen LogP contribution in [-0.4, -0.2) is 44.1 Å². The highest BCUT2D eigenvalue weighted by molar-refractivity contribution is 5.72. The Morgan fingerprint density at radius 3 is 2.70 bits per heavy atom. The molecule has 0 atom stereocenters. The van der Waals surface area contributed by atoms with Crippen molar-refractivity contribution in [3.05, 3.63) is 63.6 Å². The zero-order valence-corrected chi connectivity index (χ0v) is 15.7. The highest BCUT2D eigenvalue weighted by Crippen LogP contribution is 2.21. The average molecular weight is 371 g/mol. The molecule has 0 bridgehead atoms. The Morgan fingerprint density at radius 2 is 1.96 bits per heavy atom. The molecule has 0 aliphatic carbocycles. The molecular weight excluding hydrogens is 346 g/mol. The summed E-state index contributed by atoms with van der Waals surface area (Å²) in [6, 6.07) is 9.96. The molecule has 0 radical (unpaired) electrons. The molecule has 2 aromatic rings. The number of para-hydroxylation sites is 1. The van der Waals surface area contributed by atoms with Crippen molar-refractivity contribution >= 4 is 11.7 Å². The van der Waals surface area contributed by atoms with E-state index in [0.29, 0.717) is 12.1 Å². The highest BCUT2D eigenvalue weighted by Gasteiger charge is 2.15. The fourth-order valence-corrected chi connectivity index (χ4v) is 3.17. The first-order valence-corrected chi connectivity index (χ1v) is 9.02. The lowest BCUT2D eigenvalue weighted by molar-refractivity contribution is -0.139. The lowest BCUT2D eigenvalue weighted by atomic mass is 10.1. The van der Waals surface area contributed by atoms with Gasteiger partial charge in [-0.25, -0.2) is 4.68 Å². The summed E-state index contributed by atoms with van der Waals surface area (Å²) < 4.78 is 11.6. The quantitative estimate of drug-likeness (QED) is 0.775. The Bertz CT molecular complexity index is 857. The van der Waals surface area contributed by atoms with Crippen molar-refractivity contribution < 1.29 is 14.3 Å². The summed E-state index contributed by atoms with van der Waals surface area (Å²) in [6.45, 7) is 5.45. The van der Waals surface area contributed by atoms with E-state index >= 15 is 0 Å². The van der Waals surface area contributed by atoms with Crippen LogP contribution < -0.4 is 15.9 Å². The first-order valence-electron chi connectivity index (χ1n) is 9.02. The Labute approximate surface area is 158 Å². The zero-order valence-electron chi connectivity index (χ0n) is 15.7. The van der Waals surface area contributed by atoms with Gasteiger partial charge in [-0.2, -0.15) is 0 Å². The van der Waals surface area contributed by atoms with Gasteiger partial charge >= 0.3 is 5.97 Å². The van der Waals surface area contributed by atoms with E-state index in [2.05, 4.69) is 16.4 Å². The number of benzene rings is 1. The van der Waals surface area contributed by atoms with Gasteiger partial charge in [0.05, 0.1) is 33.3 Å². The number of carbonyl (C=O) groups excluding carboxylic acids is 1. The molecule has 0 amide bonds. The van der Waals surface area contributed by atoms with Gasteiger partial charge in [-0.05, 0) is 30.2 Å². The maximum absolute atomic E-state index is 12.7. The highest BCUT2D eigenvalue weighted by atomic mass is 16.5. The summed E-state index contributed by atoms with van der Waals surface area (Å²) in [4.78, 5) is 26.6. The lowest BCUT2D eigenvalue weighted by Gasteiger charge is -2.30. The first kappa shape index (κ1) is 19.0. The molecule has 0 saturated carbocycles. The minimum absolute atomic E-state index is 0.0337. The molecule has 3 rings (SSSR count). The number of esters is 1. The number of ether oxygens (including phenoxy) is 2. The van der Waals surface area contributed by atoms with Gasteiger partial charge in [0.1, 0.15) is 0 Å². The van der Waals surface area contributed by atoms with E-state index in [4.69, 9.17) is 9.47 Å². The molecule has 2 heterocycles. The molecular formula is C20H25N3O4. The summed E-state index contributed by atoms with van der Waals surface area (Å²) in [5.74, 6) is -0.425. The molecule has 1 saturated heterocycles. The standard InChI is InChI=1S/C20H25N3O4/c1-15-7-8-23(20(25)17(15)13-19(24)26-2)21-14-16-5-3-4-6-18(16)22-9-11-27-12-10-22/h3-8,21H,9-14H2,1-2H3. The second-order valence-electron chi connectivity index (χ2n) is 6.47. The zero-order chi connectivity index (χ0) is 19.2. The van der Waals surface area contributed by atoms with Gasteiger partial charge in [0.15, 0.2) is 0 Å². The molecule has 7 heteroatoms. The van der Waals surface area contributed by atoms with Crippen LogP contribution in [0.1, 0.15) is 16.7 Å². The van der Waals surface area contributed by atoms with Gasteiger partial charge < -0.3 is 19.8 Å². The predicted molar refractivity (Wildman–Crippen MR) is 104 cm³/mol. The van der Waals surface area contributed by atoms with E-state index < -0.39 is 5.97 Å². The van der Waals surface area contributed by atoms with E-state index in [1.165, 1.54) is 11.8 Å². The summed E-state index contributed by atoms with van der Waals surface area (Å²) >= 11 is 0. The number of pyridine rings is 1. The molecule has 1 aromatic carbocycles. The Balaban J connectivity index is 1.79. The molecule has 1 aliphatic rings. The summed E-state index contributed by atoms with van der Waals surface area (Å²) in [5.41, 5.74) is 6.39. The molecule has 1 fully saturated rings. The second kappa shape index (κ2) is 8.73. The number of carbonyl (C=O) groups is 1. The van der Waals surface area contributed by atoms with E-state index in [1.807, 2.05) is 31.2 Å². The number of hydrogen-bond acceptors (Lipinski definition) is 6. The number of hydrogen-bond donors (Lipinski definition) is 1. The normalized spacial score (nSPS) is 14.1. The van der Waals surface area contributed by atoms with Crippen LogP contribution in [0.4, 0.5) is 5.69 Å². The summed E-state index contributed by atoms with van der Waals surface area (Å²) in [7, 11) is 1.32. The molecule has 7 nitrogen and oxygen atoms in total. The number of methoxy groups -OCH3 is 1. The van der Waals surface area contributed by atoms with Gasteiger partial charge in [0.25, 0.3) is 5.56 Å². The molecule has 1 N–H and O–H groups in total. The van der Waals surface area contributed by atoms with E-state index in [-0.39, 0.29) is 12.0 Å². The van der Waals surface area contributed by atoms with Crippen molar-refractivity contribution in [2.24, 2.45) is 0 Å². The van der Waals surface area contributed by atoms with E-state index in [1.54, 1.807) is 6.20 Å². The topological polar surface area (TPSA) is 72.8 Å². The third-order valence-electron chi connectivity index (χ3n) is 4.76. The fraction of sp³-hybridized carbons (Fsp3) is 0.400. The third kappa shape index (κ3) is 4.49. The van der Waals surface area contributed by atoms with Crippen LogP contribution in [0.25, 0.3) is 0 Å². The Hall–Kier alpha value is -2.80. The summed E-state index contributed by atoms with van der Waals surface area (Å²) in [5, 5.41) is 0. The Morgan fingerprint density at radius 1 is 1.22 bits per heavy atom. The van der Waals surface area contributed by atoms with Crippen molar-refractivity contribution in [1.29, 1.82) is 0 Å². The molecule has 1 aliphatic heterocycles. The smallest absolute Gasteiger partial charge is 0.310 e. The average Bonchev–Trinajstić information content (AvgIpc) is 2.71. The van der Waals surface area contributed by atoms with Crippen LogP contribution in [0.2, 0.25) is 0 Å². The monoisotopic (exact) mass is 371 g/mol. The SMILES string of the molecule is COC(=O)Cc1c(C)ccn(NCc2ccccc2N2CCOCC2)c1=O. The largest absolute Gasteiger partial charge is 0.469 e. The number of morpholine rings is 1. The minimum atomic E-state index is -0.425. The number of rotatable bonds is 6. The van der Waals surface area contributed by atoms with Gasteiger partial charge in [-0.15, -0.1) is 0 Å². The second-order valence-corrected chi connectivity index (χ2v) is 6.47. The molecule has 144 valence electrons. The summed E-state index contributed by atoms with van der Waals surface area (Å²) in [6.07, 6.45) is 1.66. The lowest BCUT2D eigenvalue weighted by Crippen LogP contribution is -2.37. The molecule has 0 spiro atoms. The van der Waals surface area contributed by atoms with Crippen LogP contribution in [-0.2, 0) is 27.2 Å². The van der Waals surface area contributed by atoms with E-state index in [9.17, 15) is 9.59 Å². The van der Waals surface area contributed by atoms with Crippen LogP contribution in [0.15, 0.2) is 41.3 Å². The van der Waals surface area contributed by atoms with Gasteiger partial charge in [-0.3, -0.25) is 9.59 Å². The van der Waals surface area contributed by atoms with E-state index in [0.717, 1.165) is 43.1 Å². The molecule has 27 heavy (non-hydrogen) atoms. The van der Waals surface area contributed by atoms with Gasteiger partial charge in [-0.1, -0.05) is 18.2 Å². The number of anilines is 1. The number of nitrogens with one attached hydrogen (secondary N) is 1. The minimum Gasteiger partial charge on any atom is -0.469 e. The molecule has 0 unspecified atom stereocenters. The van der Waals surface area contributed by atoms with Gasteiger partial charge in [0, 0.05) is 30.5 Å². The number of nitrogens with zero attached hydrogens (tertiary/aromatic N) is 2. The number of aromatic nitrogens is 1. The van der Waals surface area contributed by atoms with Crippen molar-refractivity contribution in [2.75, 3.05) is 43.7 Å². The first-order chi connectivity index (χ1) is 13.1. The van der Waals surface area contributed by atoms with Crippen LogP contribution in [0.5, 0.6) is 0 Å². The predicted octanol–water partition coefficient (Wildman–Crippen LogP) is 1.45. The van der Waals surface area contributed by atoms with Crippen LogP contribution in [0, 0.1) is 6.92 Å². The van der Waals surface area contributed by atoms with Crippen molar-refractivity contribution in [2.45, 2.75) is 19.9 Å².